The van der Waals surface area contributed by atoms with Crippen LogP contribution >= 0.6 is 0 Å². The lowest BCUT2D eigenvalue weighted by atomic mass is 10.0. The van der Waals surface area contributed by atoms with E-state index in [1.165, 1.54) is 0 Å². The molecule has 8 heavy (non-hydrogen) atoms. The van der Waals surface area contributed by atoms with Gasteiger partial charge in [0.25, 0.3) is 0 Å². The second-order valence-corrected chi connectivity index (χ2v) is 1.18. The second kappa shape index (κ2) is 3.41. The van der Waals surface area contributed by atoms with Crippen LogP contribution in [0.4, 0.5) is 0 Å². The molecule has 1 aliphatic carbocycles. The highest BCUT2D eigenvalue weighted by Gasteiger charge is 2.55. The number of aliphatic hydroxyl groups is 2. The van der Waals surface area contributed by atoms with Crippen LogP contribution in [0.1, 0.15) is 0 Å². The van der Waals surface area contributed by atoms with E-state index in [4.69, 9.17) is 10.2 Å². The first-order chi connectivity index (χ1) is 2.80. The summed E-state index contributed by atoms with van der Waals surface area (Å²) < 4.78 is 0. The Hall–Kier alpha value is -0.600. The maximum Gasteiger partial charge on any atom is 0.560 e. The second-order valence-electron chi connectivity index (χ2n) is 1.18. The first-order valence-corrected chi connectivity index (χ1v) is 1.68. The molecule has 0 aromatic heterocycles. The molecule has 4 N–H and O–H groups in total. The molecule has 0 bridgehead atoms. The Labute approximate surface area is 46.7 Å². The van der Waals surface area contributed by atoms with Crippen molar-refractivity contribution in [3.05, 3.63) is 12.2 Å². The van der Waals surface area contributed by atoms with Crippen molar-refractivity contribution in [1.29, 1.82) is 0 Å². The molecule has 46 valence electrons. The van der Waals surface area contributed by atoms with E-state index in [0.717, 1.165) is 0 Å². The van der Waals surface area contributed by atoms with Gasteiger partial charge in [-0.3, -0.25) is 0 Å². The van der Waals surface area contributed by atoms with Crippen LogP contribution in [0.5, 0.6) is 0 Å². The Morgan fingerprint density at radius 1 is 0.875 bits per heavy atom. The van der Waals surface area contributed by atoms with Crippen molar-refractivity contribution in [2.45, 2.75) is 12.2 Å². The van der Waals surface area contributed by atoms with Gasteiger partial charge in [0.15, 0.2) is 0 Å². The van der Waals surface area contributed by atoms with Crippen molar-refractivity contribution in [2.24, 2.45) is 0 Å². The van der Waals surface area contributed by atoms with E-state index in [9.17, 15) is 0 Å². The summed E-state index contributed by atoms with van der Waals surface area (Å²) in [6.07, 6.45) is 3.08. The Bertz CT molecular complexity index is 70.1. The molecule has 0 amide bonds. The van der Waals surface area contributed by atoms with Crippen LogP contribution in [0.25, 0.3) is 0 Å². The molecule has 0 aromatic rings. The monoisotopic (exact) mass is 118 g/mol. The van der Waals surface area contributed by atoms with Gasteiger partial charge in [-0.1, -0.05) is 0 Å². The highest BCUT2D eigenvalue weighted by molar-refractivity contribution is 4.96. The average Bonchev–Trinajstić information content (AvgIpc) is 1.61. The molecule has 0 saturated heterocycles. The van der Waals surface area contributed by atoms with Crippen molar-refractivity contribution in [1.82, 2.24) is 0 Å². The third-order valence-electron chi connectivity index (χ3n) is 0.678. The van der Waals surface area contributed by atoms with Crippen LogP contribution < -0.4 is 0 Å². The third-order valence-corrected chi connectivity index (χ3v) is 0.678. The van der Waals surface area contributed by atoms with E-state index in [0.29, 0.717) is 0 Å². The van der Waals surface area contributed by atoms with Gasteiger partial charge in [0.05, 0.1) is 0 Å². The van der Waals surface area contributed by atoms with Crippen LogP contribution in [0, 0.1) is 12.2 Å². The van der Waals surface area contributed by atoms with Gasteiger partial charge in [-0.05, 0) is 0 Å². The smallest absolute Gasteiger partial charge is 0.560 e. The summed E-state index contributed by atoms with van der Waals surface area (Å²) in [5.74, 6) is 0. The number of hydrogen-bond donors (Lipinski definition) is 2. The molecule has 0 fully saturated rings. The normalized spacial score (nSPS) is 29.8. The van der Waals surface area contributed by atoms with Crippen molar-refractivity contribution < 1.29 is 21.2 Å². The van der Waals surface area contributed by atoms with Gasteiger partial charge in [0.1, 0.15) is 0 Å². The minimum atomic E-state index is -0.773. The molecule has 2 unspecified atom stereocenters. The standard InChI is InChI=1S/C4H4O2.2H2O/c5-3-1-2-4(3)6;;/h3-6H;2*1H2/q+2;;/p-2. The van der Waals surface area contributed by atoms with Gasteiger partial charge in [-0.15, -0.1) is 0 Å². The number of hydrogen-bond acceptors (Lipinski definition) is 4. The highest BCUT2D eigenvalue weighted by atomic mass is 16.3. The molecule has 0 radical (unpaired) electrons. The van der Waals surface area contributed by atoms with E-state index in [-0.39, 0.29) is 11.0 Å². The molecule has 0 aliphatic heterocycles. The zero-order valence-corrected chi connectivity index (χ0v) is 3.94. The quantitative estimate of drug-likeness (QED) is 0.379. The predicted molar refractivity (Wildman–Crippen MR) is 22.4 cm³/mol. The molecule has 0 heterocycles. The lowest BCUT2D eigenvalue weighted by Gasteiger charge is -1.84. The van der Waals surface area contributed by atoms with Crippen LogP contribution in [0.15, 0.2) is 0 Å². The first kappa shape index (κ1) is 10.4. The molecule has 1 rings (SSSR count). The van der Waals surface area contributed by atoms with Gasteiger partial charge in [-0.25, -0.2) is 0 Å². The van der Waals surface area contributed by atoms with Crippen LogP contribution in [0.3, 0.4) is 0 Å². The van der Waals surface area contributed by atoms with Crippen molar-refractivity contribution in [3.63, 3.8) is 0 Å². The number of aliphatic hydroxyl groups excluding tert-OH is 2. The topological polar surface area (TPSA) is 100 Å². The van der Waals surface area contributed by atoms with Gasteiger partial charge in [0.2, 0.25) is 0 Å². The summed E-state index contributed by atoms with van der Waals surface area (Å²) in [5, 5.41) is 16.6. The van der Waals surface area contributed by atoms with E-state index < -0.39 is 12.2 Å². The van der Waals surface area contributed by atoms with Gasteiger partial charge in [-0.2, -0.15) is 0 Å². The highest BCUT2D eigenvalue weighted by Crippen LogP contribution is 2.03. The lowest BCUT2D eigenvalue weighted by molar-refractivity contribution is 0.0458. The summed E-state index contributed by atoms with van der Waals surface area (Å²) in [5.41, 5.74) is 0. The van der Waals surface area contributed by atoms with Crippen molar-refractivity contribution >= 4 is 0 Å². The van der Waals surface area contributed by atoms with Crippen molar-refractivity contribution in [3.8, 4) is 0 Å². The molecule has 4 heteroatoms. The fourth-order valence-corrected chi connectivity index (χ4v) is 0.232. The molecule has 0 spiro atoms. The molecular weight excluding hydrogens is 112 g/mol. The third kappa shape index (κ3) is 1.48. The van der Waals surface area contributed by atoms with Gasteiger partial charge < -0.3 is 21.2 Å². The summed E-state index contributed by atoms with van der Waals surface area (Å²) in [4.78, 5) is 0. The van der Waals surface area contributed by atoms with Gasteiger partial charge in [0, 0.05) is 0 Å². The fourth-order valence-electron chi connectivity index (χ4n) is 0.232. The molecule has 0 saturated carbocycles. The summed E-state index contributed by atoms with van der Waals surface area (Å²) in [7, 11) is 0. The molecule has 4 nitrogen and oxygen atoms in total. The van der Waals surface area contributed by atoms with E-state index in [1.54, 1.807) is 0 Å². The fraction of sp³-hybridized carbons (Fsp3) is 0.500. The summed E-state index contributed by atoms with van der Waals surface area (Å²) in [6.45, 7) is 0. The Balaban J connectivity index is 0. The maximum atomic E-state index is 8.29. The molecule has 0 aromatic carbocycles. The average molecular weight is 118 g/mol. The van der Waals surface area contributed by atoms with E-state index >= 15 is 0 Å². The zero-order chi connectivity index (χ0) is 4.57. The minimum Gasteiger partial charge on any atom is -0.870 e. The largest absolute Gasteiger partial charge is 0.870 e. The summed E-state index contributed by atoms with van der Waals surface area (Å²) in [6, 6.07) is 0. The van der Waals surface area contributed by atoms with Gasteiger partial charge >= 0.3 is 24.4 Å². The molecule has 1 aliphatic rings. The van der Waals surface area contributed by atoms with Crippen molar-refractivity contribution in [2.75, 3.05) is 0 Å². The van der Waals surface area contributed by atoms with E-state index in [2.05, 4.69) is 12.2 Å². The Morgan fingerprint density at radius 2 is 1.12 bits per heavy atom. The zero-order valence-electron chi connectivity index (χ0n) is 3.94. The predicted octanol–water partition coefficient (Wildman–Crippen LogP) is -1.47. The Morgan fingerprint density at radius 3 is 1.12 bits per heavy atom. The Kier molecular flexibility index (Phi) is 4.43. The SMILES string of the molecule is OC1[C+]=[C+]C1O.[OH-].[OH-]. The van der Waals surface area contributed by atoms with Crippen LogP contribution in [0.2, 0.25) is 0 Å². The van der Waals surface area contributed by atoms with E-state index in [1.807, 2.05) is 0 Å². The van der Waals surface area contributed by atoms with Crippen LogP contribution in [-0.2, 0) is 0 Å². The first-order valence-electron chi connectivity index (χ1n) is 1.68. The number of rotatable bonds is 0. The molecular formula is C4H6O4. The van der Waals surface area contributed by atoms with Crippen LogP contribution in [-0.4, -0.2) is 33.4 Å². The minimum absolute atomic E-state index is 0. The maximum absolute atomic E-state index is 8.29. The lowest BCUT2D eigenvalue weighted by Crippen LogP contribution is -2.30. The summed E-state index contributed by atoms with van der Waals surface area (Å²) >= 11 is 0. The molecule has 2 atom stereocenters.